The molecular formula is C24H29N3O2S2. The molecule has 0 bridgehead atoms. The average Bonchev–Trinajstić information content (AvgIpc) is 3.40. The molecule has 3 aromatic rings. The summed E-state index contributed by atoms with van der Waals surface area (Å²) in [5.74, 6) is 0.811. The molecule has 2 aromatic heterocycles. The number of nitrogens with one attached hydrogen (secondary N) is 1. The third kappa shape index (κ3) is 4.70. The van der Waals surface area contributed by atoms with Crippen LogP contribution in [0.15, 0.2) is 41.8 Å². The second-order valence-corrected chi connectivity index (χ2v) is 10.1. The molecule has 1 aromatic carbocycles. The summed E-state index contributed by atoms with van der Waals surface area (Å²) in [6.07, 6.45) is 0. The standard InChI is InChI=1S/C24H29N3O2S2/c1-16-17(2)31-24(25-23(28)20-9-6-14-30-20)21(16)22(27-12-10-26(3)11-13-27)18-7-5-8-19(15-18)29-4/h5-9,14-15,22H,10-13H2,1-4H3,(H,25,28)/t22-/m1/s1. The van der Waals surface area contributed by atoms with Gasteiger partial charge in [0.25, 0.3) is 5.91 Å². The monoisotopic (exact) mass is 455 g/mol. The molecule has 1 fully saturated rings. The molecule has 164 valence electrons. The highest BCUT2D eigenvalue weighted by atomic mass is 32.1. The Kier molecular flexibility index (Phi) is 6.77. The Labute approximate surface area is 192 Å². The number of anilines is 1. The van der Waals surface area contributed by atoms with E-state index in [1.165, 1.54) is 32.9 Å². The minimum Gasteiger partial charge on any atom is -0.497 e. The zero-order chi connectivity index (χ0) is 22.0. The van der Waals surface area contributed by atoms with E-state index in [2.05, 4.69) is 54.2 Å². The quantitative estimate of drug-likeness (QED) is 0.567. The van der Waals surface area contributed by atoms with E-state index in [0.717, 1.165) is 41.8 Å². The summed E-state index contributed by atoms with van der Waals surface area (Å²) in [6.45, 7) is 8.32. The van der Waals surface area contributed by atoms with Crippen LogP contribution in [0.25, 0.3) is 0 Å². The van der Waals surface area contributed by atoms with Crippen molar-refractivity contribution < 1.29 is 9.53 Å². The summed E-state index contributed by atoms with van der Waals surface area (Å²) < 4.78 is 5.53. The fourth-order valence-electron chi connectivity index (χ4n) is 4.09. The van der Waals surface area contributed by atoms with Gasteiger partial charge < -0.3 is 15.0 Å². The number of methoxy groups -OCH3 is 1. The Morgan fingerprint density at radius 3 is 2.58 bits per heavy atom. The zero-order valence-corrected chi connectivity index (χ0v) is 20.1. The van der Waals surface area contributed by atoms with Crippen molar-refractivity contribution in [3.63, 3.8) is 0 Å². The van der Waals surface area contributed by atoms with Crippen molar-refractivity contribution in [2.75, 3.05) is 45.7 Å². The Morgan fingerprint density at radius 2 is 1.90 bits per heavy atom. The highest BCUT2D eigenvalue weighted by molar-refractivity contribution is 7.17. The lowest BCUT2D eigenvalue weighted by Gasteiger charge is -2.39. The third-order valence-electron chi connectivity index (χ3n) is 5.99. The van der Waals surface area contributed by atoms with Crippen LogP contribution in [0.2, 0.25) is 0 Å². The van der Waals surface area contributed by atoms with Crippen LogP contribution in [0.5, 0.6) is 5.75 Å². The number of piperazine rings is 1. The number of carbonyl (C=O) groups excluding carboxylic acids is 1. The van der Waals surface area contributed by atoms with Gasteiger partial charge in [-0.2, -0.15) is 0 Å². The first kappa shape index (κ1) is 22.0. The Bertz CT molecular complexity index is 1040. The van der Waals surface area contributed by atoms with Crippen LogP contribution in [0.1, 0.15) is 37.3 Å². The van der Waals surface area contributed by atoms with Crippen LogP contribution >= 0.6 is 22.7 Å². The van der Waals surface area contributed by atoms with E-state index in [4.69, 9.17) is 4.74 Å². The number of benzene rings is 1. The smallest absolute Gasteiger partial charge is 0.266 e. The van der Waals surface area contributed by atoms with Gasteiger partial charge >= 0.3 is 0 Å². The zero-order valence-electron chi connectivity index (χ0n) is 18.5. The SMILES string of the molecule is COc1cccc([C@H](c2c(NC(=O)c3cccs3)sc(C)c2C)N2CCN(C)CC2)c1. The van der Waals surface area contributed by atoms with E-state index in [-0.39, 0.29) is 11.9 Å². The number of ether oxygens (including phenoxy) is 1. The summed E-state index contributed by atoms with van der Waals surface area (Å²) in [7, 11) is 3.88. The molecule has 0 aliphatic carbocycles. The second-order valence-electron chi connectivity index (χ2n) is 7.98. The van der Waals surface area contributed by atoms with Gasteiger partial charge in [0, 0.05) is 36.6 Å². The van der Waals surface area contributed by atoms with Crippen molar-refractivity contribution in [1.29, 1.82) is 0 Å². The van der Waals surface area contributed by atoms with E-state index >= 15 is 0 Å². The first-order chi connectivity index (χ1) is 15.0. The largest absolute Gasteiger partial charge is 0.497 e. The van der Waals surface area contributed by atoms with Gasteiger partial charge in [-0.15, -0.1) is 22.7 Å². The van der Waals surface area contributed by atoms with Gasteiger partial charge in [0.05, 0.1) is 18.0 Å². The van der Waals surface area contributed by atoms with Crippen molar-refractivity contribution in [2.24, 2.45) is 0 Å². The van der Waals surface area contributed by atoms with Gasteiger partial charge in [-0.1, -0.05) is 18.2 Å². The van der Waals surface area contributed by atoms with Gasteiger partial charge in [0.2, 0.25) is 0 Å². The molecule has 1 aliphatic rings. The molecule has 0 unspecified atom stereocenters. The van der Waals surface area contributed by atoms with Crippen LogP contribution in [0.4, 0.5) is 5.00 Å². The molecule has 31 heavy (non-hydrogen) atoms. The number of carbonyl (C=O) groups is 1. The number of hydrogen-bond donors (Lipinski definition) is 1. The third-order valence-corrected chi connectivity index (χ3v) is 8.00. The summed E-state index contributed by atoms with van der Waals surface area (Å²) in [4.78, 5) is 19.8. The minimum absolute atomic E-state index is 0.0414. The van der Waals surface area contributed by atoms with Gasteiger partial charge in [-0.05, 0) is 55.6 Å². The maximum Gasteiger partial charge on any atom is 0.266 e. The van der Waals surface area contributed by atoms with Crippen LogP contribution in [0.3, 0.4) is 0 Å². The molecule has 1 amide bonds. The average molecular weight is 456 g/mol. The normalized spacial score (nSPS) is 16.3. The van der Waals surface area contributed by atoms with Crippen LogP contribution < -0.4 is 10.1 Å². The molecule has 1 aliphatic heterocycles. The van der Waals surface area contributed by atoms with Gasteiger partial charge in [0.15, 0.2) is 0 Å². The fraction of sp³-hybridized carbons (Fsp3) is 0.375. The fourth-order valence-corrected chi connectivity index (χ4v) is 5.80. The topological polar surface area (TPSA) is 44.8 Å². The van der Waals surface area contributed by atoms with E-state index in [0.29, 0.717) is 0 Å². The lowest BCUT2D eigenvalue weighted by Crippen LogP contribution is -2.46. The van der Waals surface area contributed by atoms with E-state index < -0.39 is 0 Å². The number of thiophene rings is 2. The highest BCUT2D eigenvalue weighted by Gasteiger charge is 2.31. The van der Waals surface area contributed by atoms with Gasteiger partial charge in [0.1, 0.15) is 10.8 Å². The maximum atomic E-state index is 12.9. The number of nitrogens with zero attached hydrogens (tertiary/aromatic N) is 2. The molecule has 5 nitrogen and oxygen atoms in total. The summed E-state index contributed by atoms with van der Waals surface area (Å²) in [6, 6.07) is 12.2. The van der Waals surface area contributed by atoms with Crippen LogP contribution in [0, 0.1) is 13.8 Å². The Balaban J connectivity index is 1.78. The lowest BCUT2D eigenvalue weighted by molar-refractivity contribution is 0.103. The van der Waals surface area contributed by atoms with Crippen LogP contribution in [-0.2, 0) is 0 Å². The van der Waals surface area contributed by atoms with Gasteiger partial charge in [-0.3, -0.25) is 9.69 Å². The number of hydrogen-bond acceptors (Lipinski definition) is 6. The van der Waals surface area contributed by atoms with Crippen molar-refractivity contribution in [2.45, 2.75) is 19.9 Å². The predicted molar refractivity (Wildman–Crippen MR) is 130 cm³/mol. The molecular weight excluding hydrogens is 426 g/mol. The second kappa shape index (κ2) is 9.53. The van der Waals surface area contributed by atoms with Crippen molar-refractivity contribution in [3.8, 4) is 5.75 Å². The first-order valence-electron chi connectivity index (χ1n) is 10.5. The molecule has 1 N–H and O–H groups in total. The van der Waals surface area contributed by atoms with Crippen LogP contribution in [-0.4, -0.2) is 56.0 Å². The molecule has 0 saturated carbocycles. The maximum absolute atomic E-state index is 12.9. The number of rotatable bonds is 6. The molecule has 4 rings (SSSR count). The molecule has 1 saturated heterocycles. The predicted octanol–water partition coefficient (Wildman–Crippen LogP) is 5.02. The van der Waals surface area contributed by atoms with Crippen molar-refractivity contribution in [1.82, 2.24) is 9.80 Å². The van der Waals surface area contributed by atoms with E-state index in [9.17, 15) is 4.79 Å². The molecule has 7 heteroatoms. The Morgan fingerprint density at radius 1 is 1.13 bits per heavy atom. The summed E-state index contributed by atoms with van der Waals surface area (Å²) in [5.41, 5.74) is 3.64. The molecule has 1 atom stereocenters. The highest BCUT2D eigenvalue weighted by Crippen LogP contribution is 2.43. The number of likely N-dealkylation sites (N-methyl/N-ethyl adjacent to an activating group) is 1. The Hall–Kier alpha value is -2.19. The van der Waals surface area contributed by atoms with Crippen molar-refractivity contribution >= 4 is 33.6 Å². The lowest BCUT2D eigenvalue weighted by atomic mass is 9.94. The van der Waals surface area contributed by atoms with Crippen molar-refractivity contribution in [3.05, 3.63) is 68.2 Å². The first-order valence-corrected chi connectivity index (χ1v) is 12.2. The van der Waals surface area contributed by atoms with E-state index in [1.807, 2.05) is 23.6 Å². The van der Waals surface area contributed by atoms with E-state index in [1.54, 1.807) is 18.4 Å². The van der Waals surface area contributed by atoms with Gasteiger partial charge in [-0.25, -0.2) is 0 Å². The molecule has 0 radical (unpaired) electrons. The molecule has 3 heterocycles. The summed E-state index contributed by atoms with van der Waals surface area (Å²) >= 11 is 3.13. The molecule has 0 spiro atoms. The minimum atomic E-state index is -0.0414. The number of aryl methyl sites for hydroxylation is 1. The number of amides is 1. The summed E-state index contributed by atoms with van der Waals surface area (Å²) in [5, 5.41) is 6.10.